The number of ketones is 1. The van der Waals surface area contributed by atoms with Gasteiger partial charge in [-0.3, -0.25) is 24.3 Å². The van der Waals surface area contributed by atoms with E-state index in [0.717, 1.165) is 4.90 Å². The number of allylic oxidation sites excluding steroid dienone is 2. The van der Waals surface area contributed by atoms with Gasteiger partial charge in [0.05, 0.1) is 23.6 Å². The molecule has 3 rings (SSSR count). The number of hydrogen-bond donors (Lipinski definition) is 0. The first-order valence-electron chi connectivity index (χ1n) is 9.31. The number of amides is 2. The van der Waals surface area contributed by atoms with Crippen molar-refractivity contribution in [1.82, 2.24) is 9.88 Å². The van der Waals surface area contributed by atoms with Crippen molar-refractivity contribution in [3.8, 4) is 6.07 Å². The van der Waals surface area contributed by atoms with Crippen LogP contribution in [0.1, 0.15) is 44.7 Å². The summed E-state index contributed by atoms with van der Waals surface area (Å²) in [6.07, 6.45) is 6.75. The summed E-state index contributed by atoms with van der Waals surface area (Å²) in [4.78, 5) is 44.4. The van der Waals surface area contributed by atoms with Crippen LogP contribution >= 0.6 is 0 Å². The molecule has 0 unspecified atom stereocenters. The molecule has 2 heterocycles. The van der Waals surface area contributed by atoms with Crippen LogP contribution in [0.25, 0.3) is 0 Å². The third kappa shape index (κ3) is 3.55. The highest BCUT2D eigenvalue weighted by Gasteiger charge is 2.52. The lowest BCUT2D eigenvalue weighted by Crippen LogP contribution is -2.47. The molecule has 0 N–H and O–H groups in total. The molecule has 1 aromatic heterocycles. The molecule has 1 aliphatic carbocycles. The highest BCUT2D eigenvalue weighted by atomic mass is 16.2. The van der Waals surface area contributed by atoms with E-state index in [1.807, 2.05) is 32.1 Å². The van der Waals surface area contributed by atoms with Gasteiger partial charge in [0.1, 0.15) is 12.0 Å². The van der Waals surface area contributed by atoms with Crippen LogP contribution in [0.3, 0.4) is 0 Å². The van der Waals surface area contributed by atoms with Gasteiger partial charge >= 0.3 is 0 Å². The average Bonchev–Trinajstić information content (AvgIpc) is 2.92. The van der Waals surface area contributed by atoms with Crippen LogP contribution in [0.4, 0.5) is 0 Å². The summed E-state index contributed by atoms with van der Waals surface area (Å²) in [5.74, 6) is -2.80. The number of aromatic nitrogens is 1. The standard InChI is InChI=1S/C21H23N3O3/c1-13(2)11-18(19(25)16(12-22)17-9-5-6-10-23-17)24-20(26)14-7-3-4-8-15(14)21(24)27/h3-6,9-10,13-16,18H,7-8,11H2,1-2H3/t14-,15+,16-,18+/m1/s1. The Balaban J connectivity index is 1.94. The summed E-state index contributed by atoms with van der Waals surface area (Å²) in [6, 6.07) is 6.13. The average molecular weight is 365 g/mol. The molecule has 1 aliphatic heterocycles. The van der Waals surface area contributed by atoms with Gasteiger partial charge in [0.15, 0.2) is 5.78 Å². The van der Waals surface area contributed by atoms with Crippen molar-refractivity contribution in [1.29, 1.82) is 5.26 Å². The summed E-state index contributed by atoms with van der Waals surface area (Å²) in [6.45, 7) is 3.87. The highest BCUT2D eigenvalue weighted by molar-refractivity contribution is 6.09. The normalized spacial score (nSPS) is 23.9. The van der Waals surface area contributed by atoms with Crippen LogP contribution < -0.4 is 0 Å². The Morgan fingerprint density at radius 1 is 1.22 bits per heavy atom. The number of imide groups is 1. The van der Waals surface area contributed by atoms with Crippen molar-refractivity contribution < 1.29 is 14.4 Å². The number of rotatable bonds is 6. The van der Waals surface area contributed by atoms with Gasteiger partial charge in [0.2, 0.25) is 11.8 Å². The Hall–Kier alpha value is -2.81. The number of hydrogen-bond acceptors (Lipinski definition) is 5. The fourth-order valence-corrected chi connectivity index (χ4v) is 3.94. The molecule has 6 heteroatoms. The first-order valence-corrected chi connectivity index (χ1v) is 9.31. The maximum absolute atomic E-state index is 13.3. The van der Waals surface area contributed by atoms with Crippen LogP contribution in [0.5, 0.6) is 0 Å². The first kappa shape index (κ1) is 19.0. The highest BCUT2D eigenvalue weighted by Crippen LogP contribution is 2.38. The van der Waals surface area contributed by atoms with Crippen LogP contribution in [0.2, 0.25) is 0 Å². The maximum atomic E-state index is 13.3. The predicted molar refractivity (Wildman–Crippen MR) is 98.0 cm³/mol. The SMILES string of the molecule is CC(C)C[C@@H](C(=O)[C@H](C#N)c1ccccn1)N1C(=O)[C@H]2CC=CC[C@H]2C1=O. The van der Waals surface area contributed by atoms with Crippen molar-refractivity contribution >= 4 is 17.6 Å². The second-order valence-electron chi connectivity index (χ2n) is 7.57. The fourth-order valence-electron chi connectivity index (χ4n) is 3.94. The molecule has 0 bridgehead atoms. The van der Waals surface area contributed by atoms with Gasteiger partial charge < -0.3 is 0 Å². The minimum Gasteiger partial charge on any atom is -0.295 e. The van der Waals surface area contributed by atoms with E-state index < -0.39 is 17.7 Å². The third-order valence-corrected chi connectivity index (χ3v) is 5.27. The molecule has 1 aromatic rings. The fraction of sp³-hybridized carbons (Fsp3) is 0.476. The molecule has 2 aliphatic rings. The minimum absolute atomic E-state index is 0.0865. The number of pyridine rings is 1. The largest absolute Gasteiger partial charge is 0.295 e. The zero-order chi connectivity index (χ0) is 19.6. The molecule has 27 heavy (non-hydrogen) atoms. The number of Topliss-reactive ketones (excluding diaryl/α,β-unsaturated/α-hetero) is 1. The summed E-state index contributed by atoms with van der Waals surface area (Å²) < 4.78 is 0. The Bertz CT molecular complexity index is 784. The van der Waals surface area contributed by atoms with Crippen molar-refractivity contribution in [2.24, 2.45) is 17.8 Å². The molecular formula is C21H23N3O3. The number of likely N-dealkylation sites (tertiary alicyclic amines) is 1. The zero-order valence-corrected chi connectivity index (χ0v) is 15.5. The van der Waals surface area contributed by atoms with Crippen LogP contribution in [0.15, 0.2) is 36.5 Å². The monoisotopic (exact) mass is 365 g/mol. The van der Waals surface area contributed by atoms with Gasteiger partial charge in [0, 0.05) is 6.20 Å². The Morgan fingerprint density at radius 2 is 1.85 bits per heavy atom. The van der Waals surface area contributed by atoms with Gasteiger partial charge in [-0.2, -0.15) is 5.26 Å². The van der Waals surface area contributed by atoms with Crippen LogP contribution in [-0.4, -0.2) is 33.5 Å². The van der Waals surface area contributed by atoms with E-state index >= 15 is 0 Å². The number of nitrogens with zero attached hydrogens (tertiary/aromatic N) is 3. The summed E-state index contributed by atoms with van der Waals surface area (Å²) >= 11 is 0. The van der Waals surface area contributed by atoms with Crippen LogP contribution in [0, 0.1) is 29.1 Å². The topological polar surface area (TPSA) is 91.1 Å². The minimum atomic E-state index is -1.10. The zero-order valence-electron chi connectivity index (χ0n) is 15.5. The molecule has 2 amide bonds. The summed E-state index contributed by atoms with van der Waals surface area (Å²) in [5, 5.41) is 9.60. The van der Waals surface area contributed by atoms with E-state index in [-0.39, 0.29) is 29.6 Å². The van der Waals surface area contributed by atoms with E-state index in [2.05, 4.69) is 4.98 Å². The molecule has 1 fully saturated rings. The number of carbonyl (C=O) groups is 3. The van der Waals surface area contributed by atoms with Gasteiger partial charge in [-0.05, 0) is 37.3 Å². The Kier molecular flexibility index (Phi) is 5.50. The van der Waals surface area contributed by atoms with Crippen molar-refractivity contribution in [3.05, 3.63) is 42.2 Å². The smallest absolute Gasteiger partial charge is 0.234 e. The summed E-state index contributed by atoms with van der Waals surface area (Å²) in [5.41, 5.74) is 0.344. The second kappa shape index (κ2) is 7.83. The van der Waals surface area contributed by atoms with Crippen LogP contribution in [-0.2, 0) is 14.4 Å². The number of fused-ring (bicyclic) bond motifs is 1. The van der Waals surface area contributed by atoms with E-state index in [1.165, 1.54) is 6.20 Å². The molecule has 140 valence electrons. The second-order valence-corrected chi connectivity index (χ2v) is 7.57. The van der Waals surface area contributed by atoms with Gasteiger partial charge in [-0.1, -0.05) is 32.1 Å². The molecule has 4 atom stereocenters. The molecule has 6 nitrogen and oxygen atoms in total. The molecule has 1 saturated heterocycles. The van der Waals surface area contributed by atoms with Crippen molar-refractivity contribution in [3.63, 3.8) is 0 Å². The third-order valence-electron chi connectivity index (χ3n) is 5.27. The van der Waals surface area contributed by atoms with Gasteiger partial charge in [-0.15, -0.1) is 0 Å². The lowest BCUT2D eigenvalue weighted by molar-refractivity contribution is -0.148. The quantitative estimate of drug-likeness (QED) is 0.571. The van der Waals surface area contributed by atoms with E-state index in [0.29, 0.717) is 25.0 Å². The predicted octanol–water partition coefficient (Wildman–Crippen LogP) is 2.62. The molecule has 0 radical (unpaired) electrons. The van der Waals surface area contributed by atoms with E-state index in [9.17, 15) is 19.6 Å². The summed E-state index contributed by atoms with van der Waals surface area (Å²) in [7, 11) is 0. The number of carbonyl (C=O) groups excluding carboxylic acids is 3. The first-order chi connectivity index (χ1) is 13.0. The lowest BCUT2D eigenvalue weighted by Gasteiger charge is -2.28. The van der Waals surface area contributed by atoms with Crippen molar-refractivity contribution in [2.45, 2.75) is 45.1 Å². The van der Waals surface area contributed by atoms with Crippen molar-refractivity contribution in [2.75, 3.05) is 0 Å². The Morgan fingerprint density at radius 3 is 2.33 bits per heavy atom. The number of nitriles is 1. The van der Waals surface area contributed by atoms with E-state index in [4.69, 9.17) is 0 Å². The van der Waals surface area contributed by atoms with Gasteiger partial charge in [0.25, 0.3) is 0 Å². The molecular weight excluding hydrogens is 342 g/mol. The maximum Gasteiger partial charge on any atom is 0.234 e. The molecule has 0 aromatic carbocycles. The molecule has 0 saturated carbocycles. The molecule has 0 spiro atoms. The lowest BCUT2D eigenvalue weighted by atomic mass is 9.85. The Labute approximate surface area is 158 Å². The van der Waals surface area contributed by atoms with Gasteiger partial charge in [-0.25, -0.2) is 0 Å². The van der Waals surface area contributed by atoms with E-state index in [1.54, 1.807) is 18.2 Å².